The second kappa shape index (κ2) is 7.48. The van der Waals surface area contributed by atoms with E-state index in [1.165, 1.54) is 0 Å². The van der Waals surface area contributed by atoms with E-state index < -0.39 is 0 Å². The zero-order chi connectivity index (χ0) is 17.4. The summed E-state index contributed by atoms with van der Waals surface area (Å²) in [6.45, 7) is 1.62. The Hall–Kier alpha value is -2.36. The second-order valence-corrected chi connectivity index (χ2v) is 6.72. The van der Waals surface area contributed by atoms with Crippen LogP contribution in [0.25, 0.3) is 21.9 Å². The van der Waals surface area contributed by atoms with E-state index in [1.54, 1.807) is 0 Å². The van der Waals surface area contributed by atoms with Crippen LogP contribution in [0.5, 0.6) is 5.75 Å². The normalized spacial score (nSPS) is 12.0. The zero-order valence-electron chi connectivity index (χ0n) is 15.0. The van der Waals surface area contributed by atoms with E-state index in [-0.39, 0.29) is 18.2 Å². The van der Waals surface area contributed by atoms with E-state index in [0.29, 0.717) is 6.61 Å². The molecule has 0 spiro atoms. The van der Waals surface area contributed by atoms with Crippen LogP contribution in [0, 0.1) is 0 Å². The first-order valence-corrected chi connectivity index (χ1v) is 8.64. The van der Waals surface area contributed by atoms with Crippen LogP contribution < -0.4 is 4.74 Å². The molecule has 0 aromatic heterocycles. The van der Waals surface area contributed by atoms with Gasteiger partial charge in [-0.3, -0.25) is 4.79 Å². The third-order valence-corrected chi connectivity index (χ3v) is 4.70. The van der Waals surface area contributed by atoms with Crippen molar-refractivity contribution >= 4 is 29.0 Å². The highest BCUT2D eigenvalue weighted by atomic mass is 35.5. The lowest BCUT2D eigenvalue weighted by Gasteiger charge is -2.14. The molecule has 0 bridgehead atoms. The van der Waals surface area contributed by atoms with E-state index in [4.69, 9.17) is 4.74 Å². The summed E-state index contributed by atoms with van der Waals surface area (Å²) in [6, 6.07) is 18.0. The monoisotopic (exact) mass is 367 g/mol. The zero-order valence-corrected chi connectivity index (χ0v) is 15.8. The summed E-state index contributed by atoms with van der Waals surface area (Å²) < 4.78 is 6.06. The van der Waals surface area contributed by atoms with Crippen molar-refractivity contribution in [3.8, 4) is 16.9 Å². The molecule has 3 aromatic rings. The number of rotatable bonds is 5. The van der Waals surface area contributed by atoms with Crippen LogP contribution in [-0.4, -0.2) is 37.9 Å². The minimum Gasteiger partial charge on any atom is -0.493 e. The molecular weight excluding hydrogens is 346 g/mol. The van der Waals surface area contributed by atoms with Gasteiger partial charge < -0.3 is 9.64 Å². The number of hydrogen-bond acceptors (Lipinski definition) is 3. The molecule has 4 rings (SSSR count). The Kier molecular flexibility index (Phi) is 5.30. The van der Waals surface area contributed by atoms with Crippen molar-refractivity contribution < 1.29 is 9.53 Å². The first kappa shape index (κ1) is 18.4. The number of carbonyl (C=O) groups is 1. The maximum atomic E-state index is 12.8. The number of carbonyl (C=O) groups excluding carboxylic acids is 1. The van der Waals surface area contributed by atoms with Crippen LogP contribution in [0.2, 0.25) is 0 Å². The molecule has 134 valence electrons. The van der Waals surface area contributed by atoms with Crippen molar-refractivity contribution in [2.45, 2.75) is 6.42 Å². The van der Waals surface area contributed by atoms with Crippen LogP contribution in [0.4, 0.5) is 0 Å². The molecule has 1 aliphatic rings. The third kappa shape index (κ3) is 3.09. The van der Waals surface area contributed by atoms with Crippen molar-refractivity contribution in [3.63, 3.8) is 0 Å². The minimum atomic E-state index is 0. The summed E-state index contributed by atoms with van der Waals surface area (Å²) in [5.74, 6) is 0.892. The topological polar surface area (TPSA) is 29.5 Å². The molecule has 3 aromatic carbocycles. The molecule has 0 heterocycles. The summed E-state index contributed by atoms with van der Waals surface area (Å²) in [6.07, 6.45) is 0.951. The first-order valence-electron chi connectivity index (χ1n) is 8.64. The average molecular weight is 368 g/mol. The van der Waals surface area contributed by atoms with Crippen molar-refractivity contribution in [2.24, 2.45) is 0 Å². The van der Waals surface area contributed by atoms with Crippen molar-refractivity contribution in [1.29, 1.82) is 0 Å². The number of ketones is 1. The van der Waals surface area contributed by atoms with E-state index in [1.807, 2.05) is 42.5 Å². The van der Waals surface area contributed by atoms with Gasteiger partial charge in [0.05, 0.1) is 6.61 Å². The molecule has 0 atom stereocenters. The first-order chi connectivity index (χ1) is 12.2. The summed E-state index contributed by atoms with van der Waals surface area (Å²) in [4.78, 5) is 15.0. The number of benzene rings is 3. The van der Waals surface area contributed by atoms with Gasteiger partial charge in [0.25, 0.3) is 0 Å². The fourth-order valence-electron chi connectivity index (χ4n) is 3.54. The van der Waals surface area contributed by atoms with E-state index >= 15 is 0 Å². The van der Waals surface area contributed by atoms with Gasteiger partial charge in [0.1, 0.15) is 5.75 Å². The van der Waals surface area contributed by atoms with Gasteiger partial charge in [-0.2, -0.15) is 0 Å². The maximum Gasteiger partial charge on any atom is 0.194 e. The predicted octanol–water partition coefficient (Wildman–Crippen LogP) is 4.80. The van der Waals surface area contributed by atoms with Crippen LogP contribution in [0.3, 0.4) is 0 Å². The molecule has 0 radical (unpaired) electrons. The third-order valence-electron chi connectivity index (χ3n) is 4.70. The molecule has 0 N–H and O–H groups in total. The standard InChI is InChI=1S/C22H21NO2.ClH/c1-23(2)12-7-13-25-20-14-19-21(16-9-4-3-8-15(16)20)17-10-5-6-11-18(17)22(19)24;/h3-6,8-11,14H,7,12-13H2,1-2H3;1H. The Morgan fingerprint density at radius 3 is 2.27 bits per heavy atom. The van der Waals surface area contributed by atoms with Crippen molar-refractivity contribution in [2.75, 3.05) is 27.2 Å². The maximum absolute atomic E-state index is 12.8. The quantitative estimate of drug-likeness (QED) is 0.474. The van der Waals surface area contributed by atoms with Gasteiger partial charge in [-0.1, -0.05) is 48.5 Å². The molecule has 3 nitrogen and oxygen atoms in total. The summed E-state index contributed by atoms with van der Waals surface area (Å²) in [7, 11) is 4.11. The van der Waals surface area contributed by atoms with Gasteiger partial charge in [-0.25, -0.2) is 0 Å². The van der Waals surface area contributed by atoms with Crippen LogP contribution in [0.15, 0.2) is 54.6 Å². The highest BCUT2D eigenvalue weighted by Crippen LogP contribution is 2.44. The van der Waals surface area contributed by atoms with Gasteiger partial charge in [0.15, 0.2) is 5.78 Å². The van der Waals surface area contributed by atoms with Crippen LogP contribution in [0.1, 0.15) is 22.3 Å². The Morgan fingerprint density at radius 2 is 1.54 bits per heavy atom. The molecular formula is C22H22ClNO2. The van der Waals surface area contributed by atoms with Gasteiger partial charge in [-0.05, 0) is 37.5 Å². The number of hydrogen-bond donors (Lipinski definition) is 0. The summed E-state index contributed by atoms with van der Waals surface area (Å²) in [5.41, 5.74) is 3.60. The van der Waals surface area contributed by atoms with Gasteiger partial charge in [0.2, 0.25) is 0 Å². The Bertz CT molecular complexity index is 966. The van der Waals surface area contributed by atoms with E-state index in [0.717, 1.165) is 51.7 Å². The van der Waals surface area contributed by atoms with E-state index in [9.17, 15) is 4.79 Å². The molecule has 0 amide bonds. The van der Waals surface area contributed by atoms with Gasteiger partial charge >= 0.3 is 0 Å². The van der Waals surface area contributed by atoms with E-state index in [2.05, 4.69) is 31.1 Å². The SMILES string of the molecule is CN(C)CCCOc1cc2c(c3ccccc13)-c1ccccc1C2=O.Cl. The summed E-state index contributed by atoms with van der Waals surface area (Å²) in [5, 5.41) is 2.15. The average Bonchev–Trinajstić information content (AvgIpc) is 2.91. The predicted molar refractivity (Wildman–Crippen MR) is 109 cm³/mol. The lowest BCUT2D eigenvalue weighted by Crippen LogP contribution is -2.15. The molecule has 0 unspecified atom stereocenters. The smallest absolute Gasteiger partial charge is 0.194 e. The van der Waals surface area contributed by atoms with Crippen molar-refractivity contribution in [3.05, 3.63) is 65.7 Å². The number of nitrogens with zero attached hydrogens (tertiary/aromatic N) is 1. The Morgan fingerprint density at radius 1 is 0.885 bits per heavy atom. The second-order valence-electron chi connectivity index (χ2n) is 6.72. The molecule has 1 aliphatic carbocycles. The summed E-state index contributed by atoms with van der Waals surface area (Å²) >= 11 is 0. The molecule has 0 fully saturated rings. The number of fused-ring (bicyclic) bond motifs is 5. The van der Waals surface area contributed by atoms with Crippen LogP contribution >= 0.6 is 12.4 Å². The lowest BCUT2D eigenvalue weighted by atomic mass is 9.97. The molecule has 0 aliphatic heterocycles. The highest BCUT2D eigenvalue weighted by Gasteiger charge is 2.29. The fraction of sp³-hybridized carbons (Fsp3) is 0.227. The van der Waals surface area contributed by atoms with Gasteiger partial charge in [-0.15, -0.1) is 12.4 Å². The minimum absolute atomic E-state index is 0. The number of halogens is 1. The molecule has 26 heavy (non-hydrogen) atoms. The van der Waals surface area contributed by atoms with Gasteiger partial charge in [0, 0.05) is 28.6 Å². The van der Waals surface area contributed by atoms with Crippen molar-refractivity contribution in [1.82, 2.24) is 4.90 Å². The van der Waals surface area contributed by atoms with Crippen LogP contribution in [-0.2, 0) is 0 Å². The highest BCUT2D eigenvalue weighted by molar-refractivity contribution is 6.26. The molecule has 4 heteroatoms. The Balaban J connectivity index is 0.00000196. The molecule has 0 saturated heterocycles. The number of ether oxygens (including phenoxy) is 1. The fourth-order valence-corrected chi connectivity index (χ4v) is 3.54. The molecule has 0 saturated carbocycles. The Labute approximate surface area is 160 Å². The largest absolute Gasteiger partial charge is 0.493 e. The lowest BCUT2D eigenvalue weighted by molar-refractivity contribution is 0.104.